The van der Waals surface area contributed by atoms with Crippen molar-refractivity contribution in [3.63, 3.8) is 0 Å². The molecular weight excluding hydrogens is 479 g/mol. The van der Waals surface area contributed by atoms with Gasteiger partial charge in [-0.3, -0.25) is 0 Å². The van der Waals surface area contributed by atoms with Crippen molar-refractivity contribution in [2.24, 2.45) is 0 Å². The molecule has 0 saturated carbocycles. The van der Waals surface area contributed by atoms with E-state index in [1.54, 1.807) is 17.0 Å². The third-order valence-corrected chi connectivity index (χ3v) is 5.49. The second-order valence-electron chi connectivity index (χ2n) is 8.03. The van der Waals surface area contributed by atoms with Gasteiger partial charge in [0, 0.05) is 29.6 Å². The van der Waals surface area contributed by atoms with Gasteiger partial charge in [-0.2, -0.15) is 0 Å². The van der Waals surface area contributed by atoms with E-state index < -0.39 is 11.4 Å². The highest BCUT2D eigenvalue weighted by atomic mass is 79.9. The van der Waals surface area contributed by atoms with Gasteiger partial charge in [0.25, 0.3) is 0 Å². The van der Waals surface area contributed by atoms with Crippen LogP contribution < -0.4 is 5.32 Å². The molecule has 0 unspecified atom stereocenters. The molecule has 1 fully saturated rings. The third-order valence-electron chi connectivity index (χ3n) is 4.55. The standard InChI is InChI=1S/C20H19BrClFN4O3/c1-20(2,3)30-19(28)27-7-11(8-27)24-17-13-6-12(10-4-5-29-9-10)14(21)15(23)16(13)25-18(22)26-17/h4-6,9,11H,7-8H2,1-3H3,(H,24,25,26). The second-order valence-corrected chi connectivity index (χ2v) is 9.16. The zero-order valence-corrected chi connectivity index (χ0v) is 18.8. The first-order valence-electron chi connectivity index (χ1n) is 9.24. The molecule has 3 aromatic rings. The normalized spacial score (nSPS) is 14.7. The maximum atomic E-state index is 15.0. The van der Waals surface area contributed by atoms with Crippen LogP contribution in [0.2, 0.25) is 5.28 Å². The second kappa shape index (κ2) is 7.70. The molecule has 0 bridgehead atoms. The van der Waals surface area contributed by atoms with E-state index in [0.717, 1.165) is 0 Å². The molecule has 1 saturated heterocycles. The first kappa shape index (κ1) is 20.9. The highest BCUT2D eigenvalue weighted by Gasteiger charge is 2.34. The topological polar surface area (TPSA) is 80.5 Å². The van der Waals surface area contributed by atoms with Crippen LogP contribution in [-0.2, 0) is 4.74 Å². The van der Waals surface area contributed by atoms with Crippen LogP contribution in [0.5, 0.6) is 0 Å². The van der Waals surface area contributed by atoms with Crippen LogP contribution in [-0.4, -0.2) is 45.7 Å². The number of likely N-dealkylation sites (tertiary alicyclic amines) is 1. The first-order chi connectivity index (χ1) is 14.1. The highest BCUT2D eigenvalue weighted by molar-refractivity contribution is 9.10. The molecule has 10 heteroatoms. The summed E-state index contributed by atoms with van der Waals surface area (Å²) in [5.74, 6) is -0.143. The van der Waals surface area contributed by atoms with Gasteiger partial charge < -0.3 is 19.4 Å². The largest absolute Gasteiger partial charge is 0.472 e. The Morgan fingerprint density at radius 2 is 2.13 bits per heavy atom. The van der Waals surface area contributed by atoms with Crippen LogP contribution in [0.15, 0.2) is 33.5 Å². The zero-order chi connectivity index (χ0) is 21.6. The highest BCUT2D eigenvalue weighted by Crippen LogP contribution is 2.38. The van der Waals surface area contributed by atoms with E-state index in [1.807, 2.05) is 20.8 Å². The van der Waals surface area contributed by atoms with E-state index in [-0.39, 0.29) is 27.4 Å². The van der Waals surface area contributed by atoms with Crippen LogP contribution >= 0.6 is 27.5 Å². The Balaban J connectivity index is 1.61. The lowest BCUT2D eigenvalue weighted by molar-refractivity contribution is 0.0105. The van der Waals surface area contributed by atoms with Crippen molar-refractivity contribution >= 4 is 50.3 Å². The molecule has 1 N–H and O–H groups in total. The molecule has 0 spiro atoms. The summed E-state index contributed by atoms with van der Waals surface area (Å²) in [6.07, 6.45) is 2.67. The lowest BCUT2D eigenvalue weighted by atomic mass is 10.0. The number of ether oxygens (including phenoxy) is 1. The Morgan fingerprint density at radius 1 is 1.40 bits per heavy atom. The van der Waals surface area contributed by atoms with Gasteiger partial charge >= 0.3 is 6.09 Å². The van der Waals surface area contributed by atoms with Gasteiger partial charge in [0.05, 0.1) is 23.0 Å². The number of carbonyl (C=O) groups excluding carboxylic acids is 1. The number of hydrogen-bond donors (Lipinski definition) is 1. The number of anilines is 1. The Bertz CT molecular complexity index is 1110. The summed E-state index contributed by atoms with van der Waals surface area (Å²) in [4.78, 5) is 22.0. The Hall–Kier alpha value is -2.39. The average Bonchev–Trinajstić information content (AvgIpc) is 3.13. The number of nitrogens with one attached hydrogen (secondary N) is 1. The molecule has 1 aliphatic heterocycles. The molecule has 30 heavy (non-hydrogen) atoms. The first-order valence-corrected chi connectivity index (χ1v) is 10.4. The van der Waals surface area contributed by atoms with Crippen molar-refractivity contribution in [2.75, 3.05) is 18.4 Å². The van der Waals surface area contributed by atoms with E-state index in [9.17, 15) is 4.79 Å². The SMILES string of the molecule is CC(C)(C)OC(=O)N1CC(Nc2nc(Cl)nc3c(F)c(Br)c(-c4ccoc4)cc23)C1. The Kier molecular flexibility index (Phi) is 5.36. The van der Waals surface area contributed by atoms with Gasteiger partial charge in [0.15, 0.2) is 5.82 Å². The molecule has 0 radical (unpaired) electrons. The van der Waals surface area contributed by atoms with Crippen molar-refractivity contribution in [3.05, 3.63) is 40.2 Å². The average molecular weight is 498 g/mol. The lowest BCUT2D eigenvalue weighted by Gasteiger charge is -2.40. The van der Waals surface area contributed by atoms with Crippen LogP contribution in [0, 0.1) is 5.82 Å². The van der Waals surface area contributed by atoms with Crippen LogP contribution in [0.1, 0.15) is 20.8 Å². The number of nitrogens with zero attached hydrogens (tertiary/aromatic N) is 3. The van der Waals surface area contributed by atoms with Gasteiger partial charge in [-0.1, -0.05) is 0 Å². The number of carbonyl (C=O) groups is 1. The van der Waals surface area contributed by atoms with E-state index in [4.69, 9.17) is 20.8 Å². The molecule has 158 valence electrons. The predicted octanol–water partition coefficient (Wildman–Crippen LogP) is 5.48. The van der Waals surface area contributed by atoms with Gasteiger partial charge in [0.2, 0.25) is 5.28 Å². The zero-order valence-electron chi connectivity index (χ0n) is 16.5. The molecule has 1 aromatic carbocycles. The molecular formula is C20H19BrClFN4O3. The van der Waals surface area contributed by atoms with Crippen molar-refractivity contribution in [3.8, 4) is 11.1 Å². The molecule has 4 rings (SSSR count). The van der Waals surface area contributed by atoms with Crippen LogP contribution in [0.4, 0.5) is 15.0 Å². The molecule has 3 heterocycles. The number of aromatic nitrogens is 2. The predicted molar refractivity (Wildman–Crippen MR) is 115 cm³/mol. The molecule has 0 aliphatic carbocycles. The minimum atomic E-state index is -0.555. The maximum Gasteiger partial charge on any atom is 0.410 e. The summed E-state index contributed by atoms with van der Waals surface area (Å²) in [6, 6.07) is 3.44. The van der Waals surface area contributed by atoms with Crippen molar-refractivity contribution in [1.82, 2.24) is 14.9 Å². The third kappa shape index (κ3) is 4.09. The number of halogens is 3. The van der Waals surface area contributed by atoms with Crippen molar-refractivity contribution < 1.29 is 18.3 Å². The van der Waals surface area contributed by atoms with Gasteiger partial charge in [0.1, 0.15) is 16.9 Å². The van der Waals surface area contributed by atoms with Crippen LogP contribution in [0.3, 0.4) is 0 Å². The fourth-order valence-corrected chi connectivity index (χ4v) is 3.85. The lowest BCUT2D eigenvalue weighted by Crippen LogP contribution is -2.58. The van der Waals surface area contributed by atoms with Crippen molar-refractivity contribution in [2.45, 2.75) is 32.4 Å². The molecule has 1 amide bonds. The van der Waals surface area contributed by atoms with E-state index in [2.05, 4.69) is 31.2 Å². The Labute approximate surface area is 185 Å². The van der Waals surface area contributed by atoms with Gasteiger partial charge in [-0.05, 0) is 60.4 Å². The van der Waals surface area contributed by atoms with E-state index >= 15 is 4.39 Å². The van der Waals surface area contributed by atoms with Gasteiger partial charge in [-0.15, -0.1) is 0 Å². The minimum absolute atomic E-state index is 0.0734. The smallest absolute Gasteiger partial charge is 0.410 e. The van der Waals surface area contributed by atoms with E-state index in [1.165, 1.54) is 12.5 Å². The molecule has 0 atom stereocenters. The summed E-state index contributed by atoms with van der Waals surface area (Å²) in [5, 5.41) is 3.64. The number of hydrogen-bond acceptors (Lipinski definition) is 6. The number of furan rings is 1. The number of fused-ring (bicyclic) bond motifs is 1. The quantitative estimate of drug-likeness (QED) is 0.483. The number of benzene rings is 1. The number of amides is 1. The molecule has 1 aliphatic rings. The van der Waals surface area contributed by atoms with Crippen LogP contribution in [0.25, 0.3) is 22.0 Å². The number of rotatable bonds is 3. The summed E-state index contributed by atoms with van der Waals surface area (Å²) < 4.78 is 25.8. The maximum absolute atomic E-state index is 15.0. The fraction of sp³-hybridized carbons (Fsp3) is 0.350. The van der Waals surface area contributed by atoms with Crippen molar-refractivity contribution in [1.29, 1.82) is 0 Å². The Morgan fingerprint density at radius 3 is 2.77 bits per heavy atom. The van der Waals surface area contributed by atoms with Gasteiger partial charge in [-0.25, -0.2) is 19.2 Å². The minimum Gasteiger partial charge on any atom is -0.472 e. The summed E-state index contributed by atoms with van der Waals surface area (Å²) in [5.41, 5.74) is 0.857. The summed E-state index contributed by atoms with van der Waals surface area (Å²) in [6.45, 7) is 6.33. The fourth-order valence-electron chi connectivity index (χ4n) is 3.15. The monoisotopic (exact) mass is 496 g/mol. The summed E-state index contributed by atoms with van der Waals surface area (Å²) in [7, 11) is 0. The molecule has 2 aromatic heterocycles. The molecule has 7 nitrogen and oxygen atoms in total. The van der Waals surface area contributed by atoms with E-state index in [0.29, 0.717) is 35.4 Å². The summed E-state index contributed by atoms with van der Waals surface area (Å²) >= 11 is 9.34.